The third kappa shape index (κ3) is 3.26. The first-order valence-electron chi connectivity index (χ1n) is 5.78. The van der Waals surface area contributed by atoms with Gasteiger partial charge in [0, 0.05) is 17.0 Å². The summed E-state index contributed by atoms with van der Waals surface area (Å²) in [6.07, 6.45) is 0. The first kappa shape index (κ1) is 16.0. The number of aromatic nitrogens is 2. The van der Waals surface area contributed by atoms with E-state index in [2.05, 4.69) is 5.10 Å². The Balaban J connectivity index is 2.49. The lowest BCUT2D eigenvalue weighted by Crippen LogP contribution is -2.16. The zero-order valence-electron chi connectivity index (χ0n) is 11.1. The average molecular weight is 352 g/mol. The van der Waals surface area contributed by atoms with Crippen LogP contribution in [0.15, 0.2) is 28.1 Å². The van der Waals surface area contributed by atoms with Crippen LogP contribution in [0, 0.1) is 0 Å². The zero-order chi connectivity index (χ0) is 15.1. The Morgan fingerprint density at radius 3 is 2.45 bits per heavy atom. The molecule has 2 rings (SSSR count). The molecule has 0 aliphatic heterocycles. The van der Waals surface area contributed by atoms with E-state index in [4.69, 9.17) is 34.8 Å². The third-order valence-corrected chi connectivity index (χ3v) is 4.83. The highest BCUT2D eigenvalue weighted by molar-refractivity contribution is 7.99. The minimum absolute atomic E-state index is 0.285. The van der Waals surface area contributed by atoms with Gasteiger partial charge < -0.3 is 5.11 Å². The second kappa shape index (κ2) is 5.78. The van der Waals surface area contributed by atoms with Crippen molar-refractivity contribution in [2.45, 2.75) is 29.4 Å². The Hall–Kier alpha value is -0.390. The van der Waals surface area contributed by atoms with Crippen molar-refractivity contribution in [1.29, 1.82) is 0 Å². The first-order valence-corrected chi connectivity index (χ1v) is 7.73. The minimum Gasteiger partial charge on any atom is -0.386 e. The molecule has 0 aliphatic carbocycles. The van der Waals surface area contributed by atoms with Gasteiger partial charge in [-0.3, -0.25) is 4.68 Å². The van der Waals surface area contributed by atoms with Crippen LogP contribution >= 0.6 is 46.6 Å². The number of hydrogen-bond donors (Lipinski definition) is 1. The van der Waals surface area contributed by atoms with Crippen LogP contribution in [0.5, 0.6) is 0 Å². The van der Waals surface area contributed by atoms with Crippen LogP contribution in [0.3, 0.4) is 0 Å². The molecule has 2 aromatic rings. The van der Waals surface area contributed by atoms with E-state index in [9.17, 15) is 5.11 Å². The van der Waals surface area contributed by atoms with Gasteiger partial charge in [0.25, 0.3) is 0 Å². The lowest BCUT2D eigenvalue weighted by Gasteiger charge is -2.18. The number of hydrogen-bond acceptors (Lipinski definition) is 3. The molecule has 1 N–H and O–H groups in total. The molecule has 1 heterocycles. The van der Waals surface area contributed by atoms with E-state index in [0.717, 1.165) is 9.92 Å². The standard InChI is InChI=1S/C13H13Cl3N2OS/c1-13(2,19)10-11(16)17-18(3)12(10)20-9-5-4-7(14)6-8(9)15/h4-6,19H,1-3H3. The summed E-state index contributed by atoms with van der Waals surface area (Å²) < 4.78 is 1.63. The van der Waals surface area contributed by atoms with Gasteiger partial charge in [-0.05, 0) is 32.0 Å². The Morgan fingerprint density at radius 1 is 1.25 bits per heavy atom. The van der Waals surface area contributed by atoms with Gasteiger partial charge in [-0.1, -0.05) is 46.6 Å². The van der Waals surface area contributed by atoms with Gasteiger partial charge >= 0.3 is 0 Å². The summed E-state index contributed by atoms with van der Waals surface area (Å²) >= 11 is 19.6. The van der Waals surface area contributed by atoms with E-state index in [0.29, 0.717) is 15.6 Å². The summed E-state index contributed by atoms with van der Waals surface area (Å²) in [5, 5.41) is 16.5. The van der Waals surface area contributed by atoms with Gasteiger partial charge in [-0.2, -0.15) is 5.10 Å². The van der Waals surface area contributed by atoms with Crippen LogP contribution in [-0.2, 0) is 12.6 Å². The number of halogens is 3. The summed E-state index contributed by atoms with van der Waals surface area (Å²) in [6.45, 7) is 3.34. The highest BCUT2D eigenvalue weighted by Crippen LogP contribution is 2.41. The minimum atomic E-state index is -1.09. The molecule has 0 amide bonds. The number of aliphatic hydroxyl groups is 1. The predicted octanol–water partition coefficient (Wildman–Crippen LogP) is 4.76. The molecule has 0 fully saturated rings. The number of benzene rings is 1. The van der Waals surface area contributed by atoms with Crippen molar-refractivity contribution in [2.24, 2.45) is 7.05 Å². The number of nitrogens with zero attached hydrogens (tertiary/aromatic N) is 2. The third-order valence-electron chi connectivity index (χ3n) is 2.66. The van der Waals surface area contributed by atoms with Crippen molar-refractivity contribution in [3.63, 3.8) is 0 Å². The average Bonchev–Trinajstić information content (AvgIpc) is 2.57. The van der Waals surface area contributed by atoms with E-state index < -0.39 is 5.60 Å². The van der Waals surface area contributed by atoms with Gasteiger partial charge in [0.1, 0.15) is 5.03 Å². The molecule has 0 bridgehead atoms. The monoisotopic (exact) mass is 350 g/mol. The topological polar surface area (TPSA) is 38.0 Å². The lowest BCUT2D eigenvalue weighted by atomic mass is 10.0. The van der Waals surface area contributed by atoms with E-state index in [1.807, 2.05) is 6.07 Å². The normalized spacial score (nSPS) is 11.9. The molecule has 7 heteroatoms. The van der Waals surface area contributed by atoms with Crippen molar-refractivity contribution in [2.75, 3.05) is 0 Å². The van der Waals surface area contributed by atoms with Crippen molar-refractivity contribution in [3.8, 4) is 0 Å². The Morgan fingerprint density at radius 2 is 1.90 bits per heavy atom. The van der Waals surface area contributed by atoms with Crippen LogP contribution in [0.2, 0.25) is 15.2 Å². The lowest BCUT2D eigenvalue weighted by molar-refractivity contribution is 0.0755. The highest BCUT2D eigenvalue weighted by Gasteiger charge is 2.28. The fourth-order valence-corrected chi connectivity index (χ4v) is 3.91. The quantitative estimate of drug-likeness (QED) is 0.866. The molecule has 0 aliphatic rings. The summed E-state index contributed by atoms with van der Waals surface area (Å²) in [6, 6.07) is 5.26. The smallest absolute Gasteiger partial charge is 0.158 e. The molecule has 0 atom stereocenters. The van der Waals surface area contributed by atoms with Crippen LogP contribution in [-0.4, -0.2) is 14.9 Å². The van der Waals surface area contributed by atoms with Crippen molar-refractivity contribution >= 4 is 46.6 Å². The van der Waals surface area contributed by atoms with Gasteiger partial charge in [-0.25, -0.2) is 0 Å². The second-order valence-electron chi connectivity index (χ2n) is 4.83. The summed E-state index contributed by atoms with van der Waals surface area (Å²) in [7, 11) is 1.77. The molecule has 0 saturated carbocycles. The number of aryl methyl sites for hydroxylation is 1. The predicted molar refractivity (Wildman–Crippen MR) is 84.0 cm³/mol. The molecule has 108 valence electrons. The molecule has 1 aromatic carbocycles. The molecule has 1 aromatic heterocycles. The van der Waals surface area contributed by atoms with E-state index >= 15 is 0 Å². The molecule has 20 heavy (non-hydrogen) atoms. The summed E-state index contributed by atoms with van der Waals surface area (Å²) in [5.41, 5.74) is -0.510. The molecular formula is C13H13Cl3N2OS. The molecule has 0 radical (unpaired) electrons. The molecule has 0 spiro atoms. The van der Waals surface area contributed by atoms with Crippen molar-refractivity contribution in [3.05, 3.63) is 39.0 Å². The van der Waals surface area contributed by atoms with Gasteiger partial charge in [0.05, 0.1) is 16.2 Å². The highest BCUT2D eigenvalue weighted by atomic mass is 35.5. The fraction of sp³-hybridized carbons (Fsp3) is 0.308. The molecule has 0 unspecified atom stereocenters. The Bertz CT molecular complexity index is 650. The fourth-order valence-electron chi connectivity index (χ4n) is 1.77. The zero-order valence-corrected chi connectivity index (χ0v) is 14.2. The maximum atomic E-state index is 10.3. The van der Waals surface area contributed by atoms with Crippen molar-refractivity contribution in [1.82, 2.24) is 9.78 Å². The molecule has 0 saturated heterocycles. The number of rotatable bonds is 3. The van der Waals surface area contributed by atoms with Crippen LogP contribution in [0.1, 0.15) is 19.4 Å². The second-order valence-corrected chi connectivity index (χ2v) is 7.06. The maximum absolute atomic E-state index is 10.3. The van der Waals surface area contributed by atoms with Crippen LogP contribution < -0.4 is 0 Å². The summed E-state index contributed by atoms with van der Waals surface area (Å²) in [5.74, 6) is 0. The SMILES string of the molecule is Cn1nc(Cl)c(C(C)(C)O)c1Sc1ccc(Cl)cc1Cl. The van der Waals surface area contributed by atoms with Crippen LogP contribution in [0.25, 0.3) is 0 Å². The first-order chi connectivity index (χ1) is 9.20. The van der Waals surface area contributed by atoms with Gasteiger partial charge in [-0.15, -0.1) is 0 Å². The van der Waals surface area contributed by atoms with Crippen molar-refractivity contribution < 1.29 is 5.11 Å². The summed E-state index contributed by atoms with van der Waals surface area (Å²) in [4.78, 5) is 0.821. The van der Waals surface area contributed by atoms with E-state index in [1.54, 1.807) is 37.7 Å². The van der Waals surface area contributed by atoms with Gasteiger partial charge in [0.2, 0.25) is 0 Å². The molecular weight excluding hydrogens is 339 g/mol. The van der Waals surface area contributed by atoms with Crippen LogP contribution in [0.4, 0.5) is 0 Å². The van der Waals surface area contributed by atoms with Gasteiger partial charge in [0.15, 0.2) is 5.15 Å². The maximum Gasteiger partial charge on any atom is 0.158 e. The Kier molecular flexibility index (Phi) is 4.62. The Labute approximate surface area is 136 Å². The molecule has 3 nitrogen and oxygen atoms in total. The van der Waals surface area contributed by atoms with E-state index in [1.165, 1.54) is 11.8 Å². The largest absolute Gasteiger partial charge is 0.386 e. The van der Waals surface area contributed by atoms with E-state index in [-0.39, 0.29) is 5.15 Å².